The topological polar surface area (TPSA) is 94.1 Å². The molecule has 36 heavy (non-hydrogen) atoms. The smallest absolute Gasteiger partial charge is 0.271 e. The minimum Gasteiger partial charge on any atom is -0.496 e. The largest absolute Gasteiger partial charge is 0.496 e. The number of hydrogen-bond acceptors (Lipinski definition) is 6. The molecule has 0 aliphatic heterocycles. The second-order valence-electron chi connectivity index (χ2n) is 8.56. The van der Waals surface area contributed by atoms with Gasteiger partial charge in [0.25, 0.3) is 5.91 Å². The number of ketones is 1. The van der Waals surface area contributed by atoms with Crippen molar-refractivity contribution in [3.63, 3.8) is 0 Å². The molecule has 0 saturated carbocycles. The normalized spacial score (nSPS) is 10.9. The molecule has 0 atom stereocenters. The molecule has 0 spiro atoms. The van der Waals surface area contributed by atoms with Crippen LogP contribution in [0, 0.1) is 0 Å². The number of Topliss-reactive ketones (excluding diaryl/α,β-unsaturated/α-hetero) is 1. The number of hydrogen-bond donors (Lipinski definition) is 1. The first-order chi connectivity index (χ1) is 17.5. The van der Waals surface area contributed by atoms with Crippen molar-refractivity contribution < 1.29 is 14.3 Å². The molecule has 0 aliphatic rings. The third-order valence-corrected chi connectivity index (χ3v) is 6.12. The standard InChI is InChI=1S/C29H30N4O3/c1-4-6-12-30-29(35)26-18-32-25(17-33-26)22-14-21-20(13-19-10-8-7-9-11-19)23(27(34)5-2)16-31-24(21)15-28(22)36-3/h7-11,14-18H,4-6,12-13H2,1-3H3,(H,30,35). The number of pyridine rings is 1. The number of amides is 1. The number of carbonyl (C=O) groups is 2. The van der Waals surface area contributed by atoms with Gasteiger partial charge >= 0.3 is 0 Å². The van der Waals surface area contributed by atoms with Gasteiger partial charge in [-0.15, -0.1) is 0 Å². The quantitative estimate of drug-likeness (QED) is 0.240. The molecule has 4 rings (SSSR count). The summed E-state index contributed by atoms with van der Waals surface area (Å²) in [5.41, 5.74) is 4.91. The van der Waals surface area contributed by atoms with E-state index in [-0.39, 0.29) is 17.4 Å². The number of benzene rings is 2. The SMILES string of the molecule is CCCCNC(=O)c1cnc(-c2cc3c(Cc4ccccc4)c(C(=O)CC)cnc3cc2OC)cn1. The van der Waals surface area contributed by atoms with Gasteiger partial charge in [-0.1, -0.05) is 50.6 Å². The highest BCUT2D eigenvalue weighted by molar-refractivity contribution is 6.02. The molecule has 0 saturated heterocycles. The molecule has 2 heterocycles. The molecule has 0 radical (unpaired) electrons. The average molecular weight is 483 g/mol. The Hall–Kier alpha value is -4.13. The van der Waals surface area contributed by atoms with Crippen molar-refractivity contribution in [3.05, 3.63) is 83.4 Å². The third kappa shape index (κ3) is 5.40. The summed E-state index contributed by atoms with van der Waals surface area (Å²) in [5, 5.41) is 3.71. The Morgan fingerprint density at radius 1 is 0.972 bits per heavy atom. The molecule has 0 unspecified atom stereocenters. The summed E-state index contributed by atoms with van der Waals surface area (Å²) in [6.07, 6.45) is 7.61. The molecular weight excluding hydrogens is 452 g/mol. The highest BCUT2D eigenvalue weighted by Gasteiger charge is 2.19. The molecule has 4 aromatic rings. The monoisotopic (exact) mass is 482 g/mol. The molecule has 0 bridgehead atoms. The van der Waals surface area contributed by atoms with E-state index < -0.39 is 0 Å². The van der Waals surface area contributed by atoms with Gasteiger partial charge in [0.05, 0.1) is 30.7 Å². The maximum Gasteiger partial charge on any atom is 0.271 e. The van der Waals surface area contributed by atoms with Crippen molar-refractivity contribution in [3.8, 4) is 17.0 Å². The summed E-state index contributed by atoms with van der Waals surface area (Å²) in [6.45, 7) is 4.53. The number of aromatic nitrogens is 3. The zero-order chi connectivity index (χ0) is 25.5. The summed E-state index contributed by atoms with van der Waals surface area (Å²) in [4.78, 5) is 38.6. The summed E-state index contributed by atoms with van der Waals surface area (Å²) in [7, 11) is 1.59. The predicted molar refractivity (Wildman–Crippen MR) is 140 cm³/mol. The third-order valence-electron chi connectivity index (χ3n) is 6.12. The van der Waals surface area contributed by atoms with Crippen LogP contribution in [0.1, 0.15) is 65.1 Å². The van der Waals surface area contributed by atoms with E-state index in [1.165, 1.54) is 6.20 Å². The highest BCUT2D eigenvalue weighted by Crippen LogP contribution is 2.35. The van der Waals surface area contributed by atoms with E-state index in [0.29, 0.717) is 42.0 Å². The van der Waals surface area contributed by atoms with Gasteiger partial charge < -0.3 is 10.1 Å². The van der Waals surface area contributed by atoms with Crippen LogP contribution >= 0.6 is 0 Å². The van der Waals surface area contributed by atoms with Gasteiger partial charge in [0.2, 0.25) is 0 Å². The van der Waals surface area contributed by atoms with Crippen LogP contribution in [0.5, 0.6) is 5.75 Å². The van der Waals surface area contributed by atoms with Gasteiger partial charge in [0.1, 0.15) is 11.4 Å². The molecule has 1 amide bonds. The predicted octanol–water partition coefficient (Wildman–Crippen LogP) is 5.41. The lowest BCUT2D eigenvalue weighted by molar-refractivity contribution is 0.0946. The fourth-order valence-electron chi connectivity index (χ4n) is 4.12. The van der Waals surface area contributed by atoms with Crippen LogP contribution in [-0.2, 0) is 6.42 Å². The zero-order valence-electron chi connectivity index (χ0n) is 20.9. The van der Waals surface area contributed by atoms with Crippen molar-refractivity contribution in [2.24, 2.45) is 0 Å². The van der Waals surface area contributed by atoms with Crippen molar-refractivity contribution in [2.75, 3.05) is 13.7 Å². The molecule has 2 aromatic carbocycles. The van der Waals surface area contributed by atoms with E-state index in [2.05, 4.69) is 27.2 Å². The minimum absolute atomic E-state index is 0.0472. The Kier molecular flexibility index (Phi) is 8.00. The Labute approximate surface area is 211 Å². The van der Waals surface area contributed by atoms with Gasteiger partial charge in [-0.3, -0.25) is 19.6 Å². The van der Waals surface area contributed by atoms with Crippen LogP contribution in [0.2, 0.25) is 0 Å². The Balaban J connectivity index is 1.80. The number of nitrogens with one attached hydrogen (secondary N) is 1. The van der Waals surface area contributed by atoms with E-state index in [1.54, 1.807) is 19.5 Å². The van der Waals surface area contributed by atoms with Crippen molar-refractivity contribution in [2.45, 2.75) is 39.5 Å². The molecule has 1 N–H and O–H groups in total. The maximum atomic E-state index is 12.8. The molecule has 7 nitrogen and oxygen atoms in total. The molecule has 184 valence electrons. The molecule has 7 heteroatoms. The fourth-order valence-corrected chi connectivity index (χ4v) is 4.12. The van der Waals surface area contributed by atoms with Crippen molar-refractivity contribution in [1.29, 1.82) is 0 Å². The number of carbonyl (C=O) groups excluding carboxylic acids is 2. The number of methoxy groups -OCH3 is 1. The van der Waals surface area contributed by atoms with Crippen LogP contribution in [-0.4, -0.2) is 40.3 Å². The lowest BCUT2D eigenvalue weighted by atomic mass is 9.92. The van der Waals surface area contributed by atoms with Crippen molar-refractivity contribution >= 4 is 22.6 Å². The lowest BCUT2D eigenvalue weighted by Crippen LogP contribution is -2.25. The van der Waals surface area contributed by atoms with E-state index in [1.807, 2.05) is 49.4 Å². The first-order valence-corrected chi connectivity index (χ1v) is 12.2. The molecule has 0 fully saturated rings. The van der Waals surface area contributed by atoms with Gasteiger partial charge in [-0.2, -0.15) is 0 Å². The van der Waals surface area contributed by atoms with Gasteiger partial charge in [-0.25, -0.2) is 4.98 Å². The minimum atomic E-state index is -0.245. The molecular formula is C29H30N4O3. The number of rotatable bonds is 10. The second-order valence-corrected chi connectivity index (χ2v) is 8.56. The zero-order valence-corrected chi connectivity index (χ0v) is 20.9. The number of ether oxygens (including phenoxy) is 1. The Morgan fingerprint density at radius 3 is 2.44 bits per heavy atom. The fraction of sp³-hybridized carbons (Fsp3) is 0.276. The van der Waals surface area contributed by atoms with E-state index in [0.717, 1.165) is 34.9 Å². The highest BCUT2D eigenvalue weighted by atomic mass is 16.5. The van der Waals surface area contributed by atoms with Crippen LogP contribution in [0.25, 0.3) is 22.2 Å². The Morgan fingerprint density at radius 2 is 1.78 bits per heavy atom. The molecule has 2 aromatic heterocycles. The number of nitrogens with zero attached hydrogens (tertiary/aromatic N) is 3. The first kappa shape index (κ1) is 25.0. The summed E-state index contributed by atoms with van der Waals surface area (Å²) >= 11 is 0. The van der Waals surface area contributed by atoms with E-state index >= 15 is 0 Å². The maximum absolute atomic E-state index is 12.8. The van der Waals surface area contributed by atoms with E-state index in [9.17, 15) is 9.59 Å². The summed E-state index contributed by atoms with van der Waals surface area (Å²) in [5.74, 6) is 0.389. The van der Waals surface area contributed by atoms with Gasteiger partial charge in [-0.05, 0) is 30.0 Å². The van der Waals surface area contributed by atoms with Crippen LogP contribution in [0.15, 0.2) is 61.1 Å². The number of fused-ring (bicyclic) bond motifs is 1. The summed E-state index contributed by atoms with van der Waals surface area (Å²) in [6, 6.07) is 13.9. The van der Waals surface area contributed by atoms with Crippen LogP contribution in [0.4, 0.5) is 0 Å². The number of unbranched alkanes of at least 4 members (excludes halogenated alkanes) is 1. The summed E-state index contributed by atoms with van der Waals surface area (Å²) < 4.78 is 5.65. The van der Waals surface area contributed by atoms with Crippen LogP contribution < -0.4 is 10.1 Å². The second kappa shape index (κ2) is 11.5. The van der Waals surface area contributed by atoms with Crippen molar-refractivity contribution in [1.82, 2.24) is 20.3 Å². The first-order valence-electron chi connectivity index (χ1n) is 12.2. The molecule has 0 aliphatic carbocycles. The van der Waals surface area contributed by atoms with Gasteiger partial charge in [0.15, 0.2) is 5.78 Å². The average Bonchev–Trinajstić information content (AvgIpc) is 2.92. The Bertz CT molecular complexity index is 1370. The van der Waals surface area contributed by atoms with E-state index in [4.69, 9.17) is 4.74 Å². The lowest BCUT2D eigenvalue weighted by Gasteiger charge is -2.15. The van der Waals surface area contributed by atoms with Crippen LogP contribution in [0.3, 0.4) is 0 Å². The van der Waals surface area contributed by atoms with Gasteiger partial charge in [0, 0.05) is 41.7 Å².